The fraction of sp³-hybridized carbons (Fsp3) is 0.154. The van der Waals surface area contributed by atoms with E-state index in [9.17, 15) is 4.79 Å². The first-order chi connectivity index (χ1) is 9.19. The number of amides is 1. The summed E-state index contributed by atoms with van der Waals surface area (Å²) in [6, 6.07) is 9.01. The van der Waals surface area contributed by atoms with E-state index in [1.807, 2.05) is 6.07 Å². The van der Waals surface area contributed by atoms with Crippen LogP contribution in [0.2, 0.25) is 0 Å². The van der Waals surface area contributed by atoms with Crippen LogP contribution in [0.1, 0.15) is 21.6 Å². The Hall–Kier alpha value is -2.65. The summed E-state index contributed by atoms with van der Waals surface area (Å²) in [7, 11) is 1.54. The van der Waals surface area contributed by atoms with Crippen molar-refractivity contribution < 1.29 is 4.79 Å². The minimum atomic E-state index is -0.268. The second-order valence-electron chi connectivity index (χ2n) is 3.89. The zero-order valence-electron chi connectivity index (χ0n) is 10.4. The first-order valence-corrected chi connectivity index (χ1v) is 5.70. The molecule has 0 aliphatic rings. The molecule has 2 rings (SSSR count). The number of nitriles is 1. The highest BCUT2D eigenvalue weighted by molar-refractivity contribution is 5.91. The second-order valence-corrected chi connectivity index (χ2v) is 3.89. The summed E-state index contributed by atoms with van der Waals surface area (Å²) in [6.45, 7) is 0.373. The van der Waals surface area contributed by atoms with Gasteiger partial charge in [0.1, 0.15) is 6.07 Å². The van der Waals surface area contributed by atoms with Crippen LogP contribution in [0, 0.1) is 11.3 Å². The third kappa shape index (κ3) is 2.46. The van der Waals surface area contributed by atoms with Crippen molar-refractivity contribution in [1.82, 2.24) is 15.1 Å². The summed E-state index contributed by atoms with van der Waals surface area (Å²) < 4.78 is 1.50. The summed E-state index contributed by atoms with van der Waals surface area (Å²) >= 11 is 0. The van der Waals surface area contributed by atoms with Crippen molar-refractivity contribution in [3.05, 3.63) is 47.3 Å². The third-order valence-corrected chi connectivity index (χ3v) is 2.71. The lowest BCUT2D eigenvalue weighted by Gasteiger charge is -2.05. The predicted molar refractivity (Wildman–Crippen MR) is 69.6 cm³/mol. The van der Waals surface area contributed by atoms with E-state index in [1.165, 1.54) is 11.7 Å². The van der Waals surface area contributed by atoms with Gasteiger partial charge in [-0.1, -0.05) is 6.07 Å². The first-order valence-electron chi connectivity index (χ1n) is 5.70. The average Bonchev–Trinajstić information content (AvgIpc) is 2.95. The van der Waals surface area contributed by atoms with Crippen LogP contribution in [-0.2, 0) is 6.54 Å². The highest BCUT2D eigenvalue weighted by Gasteiger charge is 2.10. The molecule has 2 aromatic rings. The Balaban J connectivity index is 2.45. The van der Waals surface area contributed by atoms with Crippen LogP contribution >= 0.6 is 0 Å². The zero-order valence-corrected chi connectivity index (χ0v) is 10.4. The van der Waals surface area contributed by atoms with Crippen LogP contribution in [0.15, 0.2) is 30.5 Å². The van der Waals surface area contributed by atoms with Gasteiger partial charge in [-0.25, -0.2) is 4.68 Å². The normalized spacial score (nSPS) is 9.95. The lowest BCUT2D eigenvalue weighted by molar-refractivity contribution is 0.0957. The smallest absolute Gasteiger partial charge is 0.271 e. The molecule has 0 saturated carbocycles. The number of nitrogens with two attached hydrogens (primary N) is 1. The van der Waals surface area contributed by atoms with Crippen molar-refractivity contribution in [3.63, 3.8) is 0 Å². The largest absolute Gasteiger partial charge is 0.354 e. The molecule has 96 valence electrons. The predicted octanol–water partition coefficient (Wildman–Crippen LogP) is 0.562. The fourth-order valence-corrected chi connectivity index (χ4v) is 1.71. The maximum Gasteiger partial charge on any atom is 0.271 e. The third-order valence-electron chi connectivity index (χ3n) is 2.71. The molecule has 0 aliphatic heterocycles. The maximum absolute atomic E-state index is 11.4. The molecule has 1 amide bonds. The monoisotopic (exact) mass is 255 g/mol. The van der Waals surface area contributed by atoms with Crippen LogP contribution in [0.5, 0.6) is 0 Å². The van der Waals surface area contributed by atoms with E-state index < -0.39 is 0 Å². The molecule has 1 heterocycles. The van der Waals surface area contributed by atoms with Crippen LogP contribution in [0.3, 0.4) is 0 Å². The Bertz CT molecular complexity index is 653. The van der Waals surface area contributed by atoms with Crippen LogP contribution in [0.4, 0.5) is 0 Å². The molecule has 19 heavy (non-hydrogen) atoms. The van der Waals surface area contributed by atoms with Crippen molar-refractivity contribution in [1.29, 1.82) is 5.26 Å². The molecule has 3 N–H and O–H groups in total. The summed E-state index contributed by atoms with van der Waals surface area (Å²) in [5, 5.41) is 15.8. The number of hydrogen-bond donors (Lipinski definition) is 2. The standard InChI is InChI=1S/C13H13N5O/c1-16-13(19)11-4-5-18(17-11)12-3-2-9(7-14)6-10(12)8-15/h2-6H,7,14H2,1H3,(H,16,19). The second kappa shape index (κ2) is 5.33. The molecule has 0 atom stereocenters. The molecule has 1 aromatic carbocycles. The highest BCUT2D eigenvalue weighted by atomic mass is 16.1. The lowest BCUT2D eigenvalue weighted by Crippen LogP contribution is -2.18. The van der Waals surface area contributed by atoms with Gasteiger partial charge in [0, 0.05) is 19.8 Å². The van der Waals surface area contributed by atoms with Crippen molar-refractivity contribution in [2.24, 2.45) is 5.73 Å². The number of hydrogen-bond acceptors (Lipinski definition) is 4. The number of nitrogens with zero attached hydrogens (tertiary/aromatic N) is 3. The van der Waals surface area contributed by atoms with E-state index in [0.29, 0.717) is 23.5 Å². The highest BCUT2D eigenvalue weighted by Crippen LogP contribution is 2.15. The number of carbonyl (C=O) groups excluding carboxylic acids is 1. The van der Waals surface area contributed by atoms with E-state index in [2.05, 4.69) is 16.5 Å². The zero-order chi connectivity index (χ0) is 13.8. The van der Waals surface area contributed by atoms with Gasteiger partial charge in [0.2, 0.25) is 0 Å². The SMILES string of the molecule is CNC(=O)c1ccn(-c2ccc(CN)cc2C#N)n1. The molecule has 1 aromatic heterocycles. The van der Waals surface area contributed by atoms with Gasteiger partial charge in [0.15, 0.2) is 5.69 Å². The molecule has 6 nitrogen and oxygen atoms in total. The molecular weight excluding hydrogens is 242 g/mol. The van der Waals surface area contributed by atoms with E-state index in [4.69, 9.17) is 11.0 Å². The van der Waals surface area contributed by atoms with Crippen molar-refractivity contribution in [2.75, 3.05) is 7.05 Å². The maximum atomic E-state index is 11.4. The summed E-state index contributed by atoms with van der Waals surface area (Å²) in [4.78, 5) is 11.4. The van der Waals surface area contributed by atoms with Gasteiger partial charge in [-0.15, -0.1) is 0 Å². The Morgan fingerprint density at radius 2 is 2.32 bits per heavy atom. The number of carbonyl (C=O) groups is 1. The van der Waals surface area contributed by atoms with Gasteiger partial charge in [-0.2, -0.15) is 10.4 Å². The molecule has 0 bridgehead atoms. The minimum absolute atomic E-state index is 0.268. The fourth-order valence-electron chi connectivity index (χ4n) is 1.71. The molecule has 0 fully saturated rings. The van der Waals surface area contributed by atoms with Crippen LogP contribution in [-0.4, -0.2) is 22.7 Å². The Morgan fingerprint density at radius 3 is 2.95 bits per heavy atom. The van der Waals surface area contributed by atoms with E-state index in [1.54, 1.807) is 24.4 Å². The molecular formula is C13H13N5O. The van der Waals surface area contributed by atoms with Gasteiger partial charge in [-0.3, -0.25) is 4.79 Å². The van der Waals surface area contributed by atoms with Gasteiger partial charge in [0.05, 0.1) is 11.3 Å². The average molecular weight is 255 g/mol. The minimum Gasteiger partial charge on any atom is -0.354 e. The quantitative estimate of drug-likeness (QED) is 0.837. The molecule has 0 spiro atoms. The van der Waals surface area contributed by atoms with E-state index in [-0.39, 0.29) is 5.91 Å². The Morgan fingerprint density at radius 1 is 1.53 bits per heavy atom. The molecule has 0 radical (unpaired) electrons. The topological polar surface area (TPSA) is 96.7 Å². The van der Waals surface area contributed by atoms with Crippen molar-refractivity contribution >= 4 is 5.91 Å². The summed E-state index contributed by atoms with van der Waals surface area (Å²) in [5.74, 6) is -0.268. The van der Waals surface area contributed by atoms with E-state index >= 15 is 0 Å². The number of aromatic nitrogens is 2. The van der Waals surface area contributed by atoms with E-state index in [0.717, 1.165) is 5.56 Å². The van der Waals surface area contributed by atoms with Crippen molar-refractivity contribution in [3.8, 4) is 11.8 Å². The number of benzene rings is 1. The van der Waals surface area contributed by atoms with Gasteiger partial charge in [-0.05, 0) is 23.8 Å². The van der Waals surface area contributed by atoms with Gasteiger partial charge < -0.3 is 11.1 Å². The molecule has 6 heteroatoms. The molecule has 0 saturated heterocycles. The Labute approximate surface area is 110 Å². The Kier molecular flexibility index (Phi) is 3.59. The van der Waals surface area contributed by atoms with Crippen LogP contribution in [0.25, 0.3) is 5.69 Å². The first kappa shape index (κ1) is 12.8. The van der Waals surface area contributed by atoms with Gasteiger partial charge in [0.25, 0.3) is 5.91 Å². The molecule has 0 unspecified atom stereocenters. The summed E-state index contributed by atoms with van der Waals surface area (Å²) in [5.41, 5.74) is 7.80. The summed E-state index contributed by atoms with van der Waals surface area (Å²) in [6.07, 6.45) is 1.64. The lowest BCUT2D eigenvalue weighted by atomic mass is 10.1. The van der Waals surface area contributed by atoms with Crippen molar-refractivity contribution in [2.45, 2.75) is 6.54 Å². The van der Waals surface area contributed by atoms with Crippen LogP contribution < -0.4 is 11.1 Å². The van der Waals surface area contributed by atoms with Gasteiger partial charge >= 0.3 is 0 Å². The number of rotatable bonds is 3. The molecule has 0 aliphatic carbocycles. The number of nitrogens with one attached hydrogen (secondary N) is 1.